The smallest absolute Gasteiger partial charge is 0.261 e. The van der Waals surface area contributed by atoms with Gasteiger partial charge in [0, 0.05) is 12.1 Å². The molecule has 0 heterocycles. The summed E-state index contributed by atoms with van der Waals surface area (Å²) in [6.45, 7) is 10.2. The largest absolute Gasteiger partial charge is 0.371 e. The first-order chi connectivity index (χ1) is 6.72. The van der Waals surface area contributed by atoms with E-state index in [2.05, 4.69) is 5.32 Å². The molecule has 92 valence electrons. The van der Waals surface area contributed by atoms with E-state index in [9.17, 15) is 8.78 Å². The number of alkyl halides is 2. The fourth-order valence-corrected chi connectivity index (χ4v) is 1.09. The molecule has 0 amide bonds. The Balaban J connectivity index is 3.95. The lowest BCUT2D eigenvalue weighted by Crippen LogP contribution is -2.43. The highest BCUT2D eigenvalue weighted by atomic mass is 19.3. The molecule has 0 bridgehead atoms. The van der Waals surface area contributed by atoms with Crippen molar-refractivity contribution in [3.05, 3.63) is 0 Å². The molecule has 1 atom stereocenters. The van der Waals surface area contributed by atoms with Crippen molar-refractivity contribution in [2.24, 2.45) is 5.92 Å². The monoisotopic (exact) mass is 223 g/mol. The highest BCUT2D eigenvalue weighted by molar-refractivity contribution is 4.75. The molecule has 15 heavy (non-hydrogen) atoms. The number of halogens is 2. The number of ether oxygens (including phenoxy) is 1. The maximum Gasteiger partial charge on any atom is 0.261 e. The Labute approximate surface area is 91.4 Å². The van der Waals surface area contributed by atoms with Crippen LogP contribution < -0.4 is 5.32 Å². The first-order valence-electron chi connectivity index (χ1n) is 5.37. The molecule has 0 saturated heterocycles. The summed E-state index contributed by atoms with van der Waals surface area (Å²) in [4.78, 5) is 0. The lowest BCUT2D eigenvalue weighted by atomic mass is 10.0. The molecule has 0 saturated carbocycles. The Morgan fingerprint density at radius 2 is 1.73 bits per heavy atom. The van der Waals surface area contributed by atoms with Crippen LogP contribution in [-0.4, -0.2) is 31.2 Å². The van der Waals surface area contributed by atoms with Gasteiger partial charge in [-0.1, -0.05) is 13.8 Å². The van der Waals surface area contributed by atoms with Crippen molar-refractivity contribution in [3.8, 4) is 0 Å². The quantitative estimate of drug-likeness (QED) is 0.747. The molecule has 0 aromatic heterocycles. The molecule has 2 nitrogen and oxygen atoms in total. The molecule has 0 rings (SSSR count). The van der Waals surface area contributed by atoms with E-state index >= 15 is 0 Å². The summed E-state index contributed by atoms with van der Waals surface area (Å²) < 4.78 is 29.1. The Morgan fingerprint density at radius 1 is 1.20 bits per heavy atom. The third-order valence-corrected chi connectivity index (χ3v) is 2.01. The Hall–Kier alpha value is -0.220. The third-order valence-electron chi connectivity index (χ3n) is 2.01. The zero-order chi connectivity index (χ0) is 12.1. The maximum atomic E-state index is 12.0. The van der Waals surface area contributed by atoms with Gasteiger partial charge in [0.05, 0.1) is 6.10 Å². The second-order valence-electron chi connectivity index (χ2n) is 5.14. The first-order valence-corrected chi connectivity index (χ1v) is 5.37. The van der Waals surface area contributed by atoms with Crippen LogP contribution in [0.4, 0.5) is 8.78 Å². The molecule has 0 spiro atoms. The Morgan fingerprint density at radius 3 is 2.07 bits per heavy atom. The Bertz CT molecular complexity index is 166. The minimum atomic E-state index is -2.39. The van der Waals surface area contributed by atoms with Gasteiger partial charge in [-0.05, 0) is 26.7 Å². The van der Waals surface area contributed by atoms with Crippen LogP contribution in [0.1, 0.15) is 34.6 Å². The van der Waals surface area contributed by atoms with Crippen molar-refractivity contribution < 1.29 is 13.5 Å². The van der Waals surface area contributed by atoms with Crippen molar-refractivity contribution in [1.29, 1.82) is 0 Å². The topological polar surface area (TPSA) is 21.3 Å². The van der Waals surface area contributed by atoms with Crippen LogP contribution in [0.25, 0.3) is 0 Å². The number of hydrogen-bond acceptors (Lipinski definition) is 2. The molecule has 4 heteroatoms. The second-order valence-corrected chi connectivity index (χ2v) is 5.14. The molecule has 0 aliphatic heterocycles. The van der Waals surface area contributed by atoms with Gasteiger partial charge in [0.2, 0.25) is 0 Å². The summed E-state index contributed by atoms with van der Waals surface area (Å²) in [6, 6.07) is 0. The molecule has 0 aromatic rings. The maximum absolute atomic E-state index is 12.0. The summed E-state index contributed by atoms with van der Waals surface area (Å²) in [5, 5.41) is 3.26. The second kappa shape index (κ2) is 6.38. The lowest BCUT2D eigenvalue weighted by Gasteiger charge is -2.27. The molecular weight excluding hydrogens is 200 g/mol. The predicted octanol–water partition coefficient (Wildman–Crippen LogP) is 2.68. The lowest BCUT2D eigenvalue weighted by molar-refractivity contribution is -0.0418. The molecule has 0 aliphatic carbocycles. The fourth-order valence-electron chi connectivity index (χ4n) is 1.09. The summed E-state index contributed by atoms with van der Waals surface area (Å²) >= 11 is 0. The van der Waals surface area contributed by atoms with E-state index in [4.69, 9.17) is 4.74 Å². The highest BCUT2D eigenvalue weighted by Crippen LogP contribution is 2.09. The number of rotatable bonds is 6. The van der Waals surface area contributed by atoms with Gasteiger partial charge in [-0.15, -0.1) is 0 Å². The number of nitrogens with one attached hydrogen (secondary N) is 1. The predicted molar refractivity (Wildman–Crippen MR) is 58.3 cm³/mol. The van der Waals surface area contributed by atoms with Gasteiger partial charge in [-0.2, -0.15) is 0 Å². The molecule has 1 unspecified atom stereocenters. The van der Waals surface area contributed by atoms with Gasteiger partial charge in [0.15, 0.2) is 0 Å². The van der Waals surface area contributed by atoms with Crippen molar-refractivity contribution in [2.75, 3.05) is 13.2 Å². The minimum Gasteiger partial charge on any atom is -0.371 e. The molecular formula is C11H23F2NO. The van der Waals surface area contributed by atoms with Crippen LogP contribution in [-0.2, 0) is 4.74 Å². The van der Waals surface area contributed by atoms with Crippen molar-refractivity contribution in [2.45, 2.75) is 52.7 Å². The SMILES string of the molecule is CC(C)C(CNC(C)(C)C)OCC(F)F. The van der Waals surface area contributed by atoms with Gasteiger partial charge >= 0.3 is 0 Å². The normalized spacial score (nSPS) is 15.0. The average molecular weight is 223 g/mol. The summed E-state index contributed by atoms with van der Waals surface area (Å²) in [7, 11) is 0. The molecule has 0 aliphatic rings. The molecule has 1 N–H and O–H groups in total. The van der Waals surface area contributed by atoms with Gasteiger partial charge in [0.25, 0.3) is 6.43 Å². The number of hydrogen-bond donors (Lipinski definition) is 1. The molecule has 0 fully saturated rings. The van der Waals surface area contributed by atoms with E-state index in [0.29, 0.717) is 6.54 Å². The first kappa shape index (κ1) is 14.8. The van der Waals surface area contributed by atoms with Crippen molar-refractivity contribution >= 4 is 0 Å². The van der Waals surface area contributed by atoms with E-state index in [1.54, 1.807) is 0 Å². The van der Waals surface area contributed by atoms with Gasteiger partial charge in [0.1, 0.15) is 6.61 Å². The molecule has 0 radical (unpaired) electrons. The summed E-state index contributed by atoms with van der Waals surface area (Å²) in [6.07, 6.45) is -2.54. The van der Waals surface area contributed by atoms with Crippen molar-refractivity contribution in [3.63, 3.8) is 0 Å². The van der Waals surface area contributed by atoms with Gasteiger partial charge in [-0.3, -0.25) is 0 Å². The van der Waals surface area contributed by atoms with E-state index < -0.39 is 13.0 Å². The van der Waals surface area contributed by atoms with Crippen LogP contribution in [0.3, 0.4) is 0 Å². The average Bonchev–Trinajstić information content (AvgIpc) is 2.00. The third kappa shape index (κ3) is 8.75. The zero-order valence-corrected chi connectivity index (χ0v) is 10.3. The standard InChI is InChI=1S/C11H23F2NO/c1-8(2)9(15-7-10(12)13)6-14-11(3,4)5/h8-10,14H,6-7H2,1-5H3. The van der Waals surface area contributed by atoms with Crippen LogP contribution in [0, 0.1) is 5.92 Å². The van der Waals surface area contributed by atoms with Crippen molar-refractivity contribution in [1.82, 2.24) is 5.32 Å². The van der Waals surface area contributed by atoms with Gasteiger partial charge < -0.3 is 10.1 Å². The summed E-state index contributed by atoms with van der Waals surface area (Å²) in [5.41, 5.74) is -0.0126. The van der Waals surface area contributed by atoms with E-state index in [-0.39, 0.29) is 17.6 Å². The van der Waals surface area contributed by atoms with Crippen LogP contribution >= 0.6 is 0 Å². The van der Waals surface area contributed by atoms with Crippen LogP contribution in [0.2, 0.25) is 0 Å². The van der Waals surface area contributed by atoms with E-state index in [1.807, 2.05) is 34.6 Å². The van der Waals surface area contributed by atoms with Gasteiger partial charge in [-0.25, -0.2) is 8.78 Å². The Kier molecular flexibility index (Phi) is 6.29. The molecule has 0 aromatic carbocycles. The summed E-state index contributed by atoms with van der Waals surface area (Å²) in [5.74, 6) is 0.235. The zero-order valence-electron chi connectivity index (χ0n) is 10.3. The highest BCUT2D eigenvalue weighted by Gasteiger charge is 2.19. The van der Waals surface area contributed by atoms with E-state index in [0.717, 1.165) is 0 Å². The van der Waals surface area contributed by atoms with Crippen LogP contribution in [0.15, 0.2) is 0 Å². The van der Waals surface area contributed by atoms with Crippen LogP contribution in [0.5, 0.6) is 0 Å². The van der Waals surface area contributed by atoms with E-state index in [1.165, 1.54) is 0 Å². The fraction of sp³-hybridized carbons (Fsp3) is 1.00. The minimum absolute atomic E-state index is 0.0126.